The van der Waals surface area contributed by atoms with Crippen LogP contribution in [0.25, 0.3) is 5.76 Å². The fourth-order valence-electron chi connectivity index (χ4n) is 2.22. The normalized spacial score (nSPS) is 10.0. The van der Waals surface area contributed by atoms with Gasteiger partial charge >= 0.3 is 5.97 Å². The van der Waals surface area contributed by atoms with Gasteiger partial charge in [0.05, 0.1) is 33.5 Å². The molecular weight excluding hydrogens is 284 g/mol. The Labute approximate surface area is 131 Å². The SMILES string of the molecule is C=C(OCCCC)c1c(C(=O)OC)cc(OC)c(OC)c1C. The van der Waals surface area contributed by atoms with Crippen LogP contribution in [0, 0.1) is 6.92 Å². The van der Waals surface area contributed by atoms with Gasteiger partial charge in [0.1, 0.15) is 5.76 Å². The molecule has 22 heavy (non-hydrogen) atoms. The molecule has 0 N–H and O–H groups in total. The van der Waals surface area contributed by atoms with Gasteiger partial charge in [0, 0.05) is 11.1 Å². The first-order valence-corrected chi connectivity index (χ1v) is 7.17. The Kier molecular flexibility index (Phi) is 6.76. The highest BCUT2D eigenvalue weighted by molar-refractivity contribution is 5.96. The molecule has 0 radical (unpaired) electrons. The Morgan fingerprint density at radius 1 is 1.23 bits per heavy atom. The predicted molar refractivity (Wildman–Crippen MR) is 85.5 cm³/mol. The second-order valence-corrected chi connectivity index (χ2v) is 4.78. The molecule has 5 nitrogen and oxygen atoms in total. The lowest BCUT2D eigenvalue weighted by molar-refractivity contribution is 0.0599. The Balaban J connectivity index is 3.38. The van der Waals surface area contributed by atoms with Gasteiger partial charge in [-0.3, -0.25) is 0 Å². The molecule has 0 heterocycles. The summed E-state index contributed by atoms with van der Waals surface area (Å²) in [6, 6.07) is 1.58. The Bertz CT molecular complexity index is 548. The van der Waals surface area contributed by atoms with Crippen LogP contribution in [0.15, 0.2) is 12.6 Å². The summed E-state index contributed by atoms with van der Waals surface area (Å²) in [5.74, 6) is 0.961. The molecule has 0 aliphatic carbocycles. The van der Waals surface area contributed by atoms with Gasteiger partial charge in [0.15, 0.2) is 11.5 Å². The maximum absolute atomic E-state index is 12.1. The number of carbonyl (C=O) groups excluding carboxylic acids is 1. The Morgan fingerprint density at radius 2 is 1.91 bits per heavy atom. The summed E-state index contributed by atoms with van der Waals surface area (Å²) in [7, 11) is 4.40. The number of hydrogen-bond donors (Lipinski definition) is 0. The highest BCUT2D eigenvalue weighted by Gasteiger charge is 2.23. The van der Waals surface area contributed by atoms with Crippen LogP contribution in [0.4, 0.5) is 0 Å². The summed E-state index contributed by atoms with van der Waals surface area (Å²) in [6.07, 6.45) is 1.93. The number of benzene rings is 1. The highest BCUT2D eigenvalue weighted by Crippen LogP contribution is 2.38. The maximum Gasteiger partial charge on any atom is 0.338 e. The molecule has 0 unspecified atom stereocenters. The van der Waals surface area contributed by atoms with E-state index in [4.69, 9.17) is 18.9 Å². The minimum Gasteiger partial charge on any atom is -0.494 e. The quantitative estimate of drug-likeness (QED) is 0.417. The van der Waals surface area contributed by atoms with E-state index in [0.29, 0.717) is 35.0 Å². The van der Waals surface area contributed by atoms with Crippen LogP contribution in [0.1, 0.15) is 41.3 Å². The van der Waals surface area contributed by atoms with E-state index >= 15 is 0 Å². The molecule has 0 spiro atoms. The van der Waals surface area contributed by atoms with Gasteiger partial charge in [-0.25, -0.2) is 4.79 Å². The smallest absolute Gasteiger partial charge is 0.338 e. The molecule has 0 aliphatic heterocycles. The van der Waals surface area contributed by atoms with Crippen molar-refractivity contribution in [1.82, 2.24) is 0 Å². The lowest BCUT2D eigenvalue weighted by atomic mass is 9.98. The number of esters is 1. The molecule has 0 saturated heterocycles. The Hall–Kier alpha value is -2.17. The lowest BCUT2D eigenvalue weighted by Crippen LogP contribution is -2.10. The first-order chi connectivity index (χ1) is 10.5. The van der Waals surface area contributed by atoms with Gasteiger partial charge in [0.2, 0.25) is 0 Å². The third-order valence-corrected chi connectivity index (χ3v) is 3.37. The van der Waals surface area contributed by atoms with Crippen molar-refractivity contribution in [2.75, 3.05) is 27.9 Å². The van der Waals surface area contributed by atoms with Gasteiger partial charge in [-0.2, -0.15) is 0 Å². The molecule has 0 atom stereocenters. The molecule has 0 amide bonds. The van der Waals surface area contributed by atoms with Crippen molar-refractivity contribution in [2.45, 2.75) is 26.7 Å². The minimum atomic E-state index is -0.473. The molecule has 1 aromatic carbocycles. The third-order valence-electron chi connectivity index (χ3n) is 3.37. The van der Waals surface area contributed by atoms with Crippen LogP contribution in [0.2, 0.25) is 0 Å². The molecule has 0 aromatic heterocycles. The average molecular weight is 308 g/mol. The molecule has 122 valence electrons. The number of ether oxygens (including phenoxy) is 4. The zero-order chi connectivity index (χ0) is 16.7. The molecule has 1 rings (SSSR count). The molecule has 0 aliphatic rings. The van der Waals surface area contributed by atoms with Crippen molar-refractivity contribution in [3.63, 3.8) is 0 Å². The summed E-state index contributed by atoms with van der Waals surface area (Å²) in [4.78, 5) is 12.1. The summed E-state index contributed by atoms with van der Waals surface area (Å²) < 4.78 is 21.2. The largest absolute Gasteiger partial charge is 0.494 e. The van der Waals surface area contributed by atoms with Crippen LogP contribution >= 0.6 is 0 Å². The number of carbonyl (C=O) groups is 1. The molecule has 1 aromatic rings. The summed E-state index contributed by atoms with van der Waals surface area (Å²) in [6.45, 7) is 8.39. The van der Waals surface area contributed by atoms with Crippen LogP contribution < -0.4 is 9.47 Å². The van der Waals surface area contributed by atoms with Crippen molar-refractivity contribution >= 4 is 11.7 Å². The van der Waals surface area contributed by atoms with E-state index in [1.165, 1.54) is 14.2 Å². The summed E-state index contributed by atoms with van der Waals surface area (Å²) >= 11 is 0. The molecule has 0 saturated carbocycles. The van der Waals surface area contributed by atoms with Crippen molar-refractivity contribution < 1.29 is 23.7 Å². The van der Waals surface area contributed by atoms with E-state index in [1.54, 1.807) is 13.2 Å². The van der Waals surface area contributed by atoms with E-state index in [1.807, 2.05) is 6.92 Å². The van der Waals surface area contributed by atoms with E-state index in [2.05, 4.69) is 13.5 Å². The molecule has 0 fully saturated rings. The first-order valence-electron chi connectivity index (χ1n) is 7.17. The van der Waals surface area contributed by atoms with E-state index in [0.717, 1.165) is 18.4 Å². The number of hydrogen-bond acceptors (Lipinski definition) is 5. The highest BCUT2D eigenvalue weighted by atomic mass is 16.5. The van der Waals surface area contributed by atoms with Gasteiger partial charge in [0.25, 0.3) is 0 Å². The maximum atomic E-state index is 12.1. The van der Waals surface area contributed by atoms with Gasteiger partial charge in [-0.1, -0.05) is 19.9 Å². The second-order valence-electron chi connectivity index (χ2n) is 4.78. The van der Waals surface area contributed by atoms with Crippen molar-refractivity contribution in [1.29, 1.82) is 0 Å². The zero-order valence-electron chi connectivity index (χ0n) is 13.9. The van der Waals surface area contributed by atoms with Gasteiger partial charge < -0.3 is 18.9 Å². The zero-order valence-corrected chi connectivity index (χ0v) is 13.9. The van der Waals surface area contributed by atoms with Gasteiger partial charge in [-0.15, -0.1) is 0 Å². The monoisotopic (exact) mass is 308 g/mol. The van der Waals surface area contributed by atoms with E-state index < -0.39 is 5.97 Å². The lowest BCUT2D eigenvalue weighted by Gasteiger charge is -2.19. The third kappa shape index (κ3) is 3.72. The van der Waals surface area contributed by atoms with Crippen LogP contribution in [-0.4, -0.2) is 33.9 Å². The van der Waals surface area contributed by atoms with Gasteiger partial charge in [-0.05, 0) is 19.4 Å². The number of rotatable bonds is 8. The van der Waals surface area contributed by atoms with E-state index in [-0.39, 0.29) is 0 Å². The topological polar surface area (TPSA) is 54.0 Å². The fourth-order valence-corrected chi connectivity index (χ4v) is 2.22. The van der Waals surface area contributed by atoms with Crippen LogP contribution in [-0.2, 0) is 9.47 Å². The fraction of sp³-hybridized carbons (Fsp3) is 0.471. The summed E-state index contributed by atoms with van der Waals surface area (Å²) in [5, 5.41) is 0. The predicted octanol–water partition coefficient (Wildman–Crippen LogP) is 3.59. The first kappa shape index (κ1) is 17.9. The number of unbranched alkanes of at least 4 members (excludes halogenated alkanes) is 1. The van der Waals surface area contributed by atoms with Crippen molar-refractivity contribution in [3.8, 4) is 11.5 Å². The summed E-state index contributed by atoms with van der Waals surface area (Å²) in [5.41, 5.74) is 1.66. The molecule has 0 bridgehead atoms. The minimum absolute atomic E-state index is 0.346. The number of methoxy groups -OCH3 is 3. The van der Waals surface area contributed by atoms with Crippen LogP contribution in [0.5, 0.6) is 11.5 Å². The van der Waals surface area contributed by atoms with Crippen molar-refractivity contribution in [3.05, 3.63) is 29.3 Å². The molecular formula is C17H24O5. The van der Waals surface area contributed by atoms with Crippen molar-refractivity contribution in [2.24, 2.45) is 0 Å². The average Bonchev–Trinajstić information content (AvgIpc) is 2.52. The van der Waals surface area contributed by atoms with E-state index in [9.17, 15) is 4.79 Å². The van der Waals surface area contributed by atoms with Crippen LogP contribution in [0.3, 0.4) is 0 Å². The Morgan fingerprint density at radius 3 is 2.41 bits per heavy atom. The standard InChI is InChI=1S/C17H24O5/c1-7-8-9-22-12(3)15-11(2)16(20-5)14(19-4)10-13(15)17(18)21-6/h10H,3,7-9H2,1-2,4-6H3. The second kappa shape index (κ2) is 8.32. The molecule has 5 heteroatoms.